The highest BCUT2D eigenvalue weighted by Gasteiger charge is 2.16. The summed E-state index contributed by atoms with van der Waals surface area (Å²) in [6.07, 6.45) is 6.76. The lowest BCUT2D eigenvalue weighted by Gasteiger charge is -2.13. The minimum Gasteiger partial charge on any atom is -0.481 e. The Balaban J connectivity index is 2.08. The topological polar surface area (TPSA) is 95.5 Å². The number of hydrogen-bond acceptors (Lipinski definition) is 3. The minimum absolute atomic E-state index is 0.0230. The molecule has 1 unspecified atom stereocenters. The Morgan fingerprint density at radius 2 is 1.81 bits per heavy atom. The predicted molar refractivity (Wildman–Crippen MR) is 78.7 cm³/mol. The van der Waals surface area contributed by atoms with E-state index in [4.69, 9.17) is 5.11 Å². The van der Waals surface area contributed by atoms with E-state index in [0.717, 1.165) is 6.42 Å². The molecule has 21 heavy (non-hydrogen) atoms. The smallest absolute Gasteiger partial charge is 0.303 e. The Kier molecular flexibility index (Phi) is 7.79. The lowest BCUT2D eigenvalue weighted by molar-refractivity contribution is -0.137. The molecule has 1 rings (SSSR count). The van der Waals surface area contributed by atoms with Crippen molar-refractivity contribution >= 4 is 17.8 Å². The van der Waals surface area contributed by atoms with Crippen LogP contribution in [0.15, 0.2) is 0 Å². The number of aliphatic carboxylic acids is 1. The van der Waals surface area contributed by atoms with Crippen LogP contribution in [0.5, 0.6) is 0 Å². The Labute approximate surface area is 125 Å². The van der Waals surface area contributed by atoms with Gasteiger partial charge in [-0.15, -0.1) is 0 Å². The van der Waals surface area contributed by atoms with Crippen LogP contribution in [-0.2, 0) is 14.4 Å². The van der Waals surface area contributed by atoms with E-state index in [1.807, 2.05) is 0 Å². The molecule has 0 aliphatic heterocycles. The van der Waals surface area contributed by atoms with Gasteiger partial charge in [0.15, 0.2) is 0 Å². The van der Waals surface area contributed by atoms with Crippen LogP contribution in [0.3, 0.4) is 0 Å². The van der Waals surface area contributed by atoms with Crippen LogP contribution in [0.2, 0.25) is 0 Å². The summed E-state index contributed by atoms with van der Waals surface area (Å²) in [6, 6.07) is -0.205. The zero-order chi connectivity index (χ0) is 15.7. The molecular formula is C15H26N2O4. The normalized spacial score (nSPS) is 16.4. The number of rotatable bonds is 9. The number of carboxylic acid groups (broad SMARTS) is 1. The van der Waals surface area contributed by atoms with Crippen LogP contribution >= 0.6 is 0 Å². The highest BCUT2D eigenvalue weighted by atomic mass is 16.4. The molecule has 0 radical (unpaired) electrons. The Bertz CT molecular complexity index is 365. The molecule has 0 saturated heterocycles. The predicted octanol–water partition coefficient (Wildman–Crippen LogP) is 1.44. The van der Waals surface area contributed by atoms with Gasteiger partial charge in [-0.1, -0.05) is 25.7 Å². The maximum Gasteiger partial charge on any atom is 0.303 e. The van der Waals surface area contributed by atoms with Crippen LogP contribution in [0, 0.1) is 5.92 Å². The van der Waals surface area contributed by atoms with Crippen molar-refractivity contribution < 1.29 is 19.5 Å². The summed E-state index contributed by atoms with van der Waals surface area (Å²) in [4.78, 5) is 33.6. The van der Waals surface area contributed by atoms with E-state index in [-0.39, 0.29) is 30.8 Å². The number of carbonyl (C=O) groups is 3. The molecule has 1 aliphatic rings. The molecule has 0 spiro atoms. The van der Waals surface area contributed by atoms with Crippen LogP contribution in [-0.4, -0.2) is 35.5 Å². The van der Waals surface area contributed by atoms with E-state index in [1.165, 1.54) is 25.7 Å². The van der Waals surface area contributed by atoms with Crippen LogP contribution in [0.4, 0.5) is 0 Å². The molecule has 6 heteroatoms. The van der Waals surface area contributed by atoms with Crippen molar-refractivity contribution in [1.29, 1.82) is 0 Å². The second-order valence-electron chi connectivity index (χ2n) is 5.87. The first kappa shape index (κ1) is 17.5. The molecule has 2 amide bonds. The average Bonchev–Trinajstić information content (AvgIpc) is 2.94. The van der Waals surface area contributed by atoms with Gasteiger partial charge in [-0.3, -0.25) is 14.4 Å². The highest BCUT2D eigenvalue weighted by molar-refractivity contribution is 5.84. The van der Waals surface area contributed by atoms with Gasteiger partial charge in [0.05, 0.1) is 6.54 Å². The SMILES string of the molecule is CC(CCC(=O)O)NC(=O)CNC(=O)CCC1CCCC1. The molecule has 1 fully saturated rings. The van der Waals surface area contributed by atoms with E-state index >= 15 is 0 Å². The van der Waals surface area contributed by atoms with Crippen molar-refractivity contribution in [2.75, 3.05) is 6.54 Å². The molecule has 0 aromatic rings. The molecular weight excluding hydrogens is 272 g/mol. The molecule has 1 aliphatic carbocycles. The number of hydrogen-bond donors (Lipinski definition) is 3. The molecule has 3 N–H and O–H groups in total. The fourth-order valence-corrected chi connectivity index (χ4v) is 2.64. The number of carboxylic acids is 1. The first-order valence-electron chi connectivity index (χ1n) is 7.75. The van der Waals surface area contributed by atoms with Gasteiger partial charge in [0.1, 0.15) is 0 Å². The number of carbonyl (C=O) groups excluding carboxylic acids is 2. The maximum atomic E-state index is 11.6. The second kappa shape index (κ2) is 9.37. The summed E-state index contributed by atoms with van der Waals surface area (Å²) in [5, 5.41) is 13.8. The molecule has 0 bridgehead atoms. The number of nitrogens with one attached hydrogen (secondary N) is 2. The van der Waals surface area contributed by atoms with Gasteiger partial charge in [0, 0.05) is 18.9 Å². The quantitative estimate of drug-likeness (QED) is 0.600. The first-order valence-corrected chi connectivity index (χ1v) is 7.75. The van der Waals surface area contributed by atoms with E-state index in [0.29, 0.717) is 18.8 Å². The van der Waals surface area contributed by atoms with Crippen molar-refractivity contribution in [3.63, 3.8) is 0 Å². The van der Waals surface area contributed by atoms with E-state index in [9.17, 15) is 14.4 Å². The van der Waals surface area contributed by atoms with Gasteiger partial charge in [-0.05, 0) is 25.7 Å². The van der Waals surface area contributed by atoms with Crippen molar-refractivity contribution in [2.24, 2.45) is 5.92 Å². The summed E-state index contributed by atoms with van der Waals surface area (Å²) in [6.45, 7) is 1.71. The third-order valence-electron chi connectivity index (χ3n) is 3.90. The summed E-state index contributed by atoms with van der Waals surface area (Å²) in [7, 11) is 0. The van der Waals surface area contributed by atoms with Gasteiger partial charge in [-0.2, -0.15) is 0 Å². The molecule has 6 nitrogen and oxygen atoms in total. The third-order valence-corrected chi connectivity index (χ3v) is 3.90. The van der Waals surface area contributed by atoms with Crippen LogP contribution < -0.4 is 10.6 Å². The van der Waals surface area contributed by atoms with E-state index in [2.05, 4.69) is 10.6 Å². The summed E-state index contributed by atoms with van der Waals surface area (Å²) in [5.41, 5.74) is 0. The van der Waals surface area contributed by atoms with Crippen LogP contribution in [0.1, 0.15) is 58.3 Å². The van der Waals surface area contributed by atoms with Gasteiger partial charge >= 0.3 is 5.97 Å². The molecule has 0 heterocycles. The molecule has 1 saturated carbocycles. The summed E-state index contributed by atoms with van der Waals surface area (Å²) in [5.74, 6) is -0.575. The fourth-order valence-electron chi connectivity index (χ4n) is 2.64. The standard InChI is InChI=1S/C15H26N2O4/c1-11(6-9-15(20)21)17-14(19)10-16-13(18)8-7-12-4-2-3-5-12/h11-12H,2-10H2,1H3,(H,16,18)(H,17,19)(H,20,21). The lowest BCUT2D eigenvalue weighted by atomic mass is 10.0. The van der Waals surface area contributed by atoms with Crippen molar-refractivity contribution in [1.82, 2.24) is 10.6 Å². The molecule has 120 valence electrons. The molecule has 0 aromatic carbocycles. The zero-order valence-corrected chi connectivity index (χ0v) is 12.7. The zero-order valence-electron chi connectivity index (χ0n) is 12.7. The monoisotopic (exact) mass is 298 g/mol. The van der Waals surface area contributed by atoms with E-state index < -0.39 is 5.97 Å². The van der Waals surface area contributed by atoms with Gasteiger partial charge in [0.25, 0.3) is 0 Å². The summed E-state index contributed by atoms with van der Waals surface area (Å²) < 4.78 is 0. The largest absolute Gasteiger partial charge is 0.481 e. The lowest BCUT2D eigenvalue weighted by Crippen LogP contribution is -2.41. The first-order chi connectivity index (χ1) is 9.97. The molecule has 0 aromatic heterocycles. The van der Waals surface area contributed by atoms with Crippen molar-refractivity contribution in [3.8, 4) is 0 Å². The van der Waals surface area contributed by atoms with Gasteiger partial charge < -0.3 is 15.7 Å². The highest BCUT2D eigenvalue weighted by Crippen LogP contribution is 2.28. The number of amides is 2. The van der Waals surface area contributed by atoms with Gasteiger partial charge in [-0.25, -0.2) is 0 Å². The fraction of sp³-hybridized carbons (Fsp3) is 0.800. The average molecular weight is 298 g/mol. The second-order valence-corrected chi connectivity index (χ2v) is 5.87. The van der Waals surface area contributed by atoms with Crippen molar-refractivity contribution in [3.05, 3.63) is 0 Å². The van der Waals surface area contributed by atoms with Gasteiger partial charge in [0.2, 0.25) is 11.8 Å². The van der Waals surface area contributed by atoms with Crippen molar-refractivity contribution in [2.45, 2.75) is 64.3 Å². The molecule has 1 atom stereocenters. The van der Waals surface area contributed by atoms with Crippen LogP contribution in [0.25, 0.3) is 0 Å². The Hall–Kier alpha value is -1.59. The Morgan fingerprint density at radius 3 is 2.43 bits per heavy atom. The maximum absolute atomic E-state index is 11.6. The third kappa shape index (κ3) is 8.32. The minimum atomic E-state index is -0.878. The van der Waals surface area contributed by atoms with E-state index in [1.54, 1.807) is 6.92 Å². The Morgan fingerprint density at radius 1 is 1.14 bits per heavy atom. The summed E-state index contributed by atoms with van der Waals surface area (Å²) >= 11 is 0.